The molecule has 1 saturated carbocycles. The van der Waals surface area contributed by atoms with Gasteiger partial charge in [-0.1, -0.05) is 44.2 Å². The van der Waals surface area contributed by atoms with Crippen molar-refractivity contribution >= 4 is 28.5 Å². The van der Waals surface area contributed by atoms with E-state index in [2.05, 4.69) is 26.9 Å². The first-order chi connectivity index (χ1) is 27.9. The van der Waals surface area contributed by atoms with Crippen LogP contribution in [0.5, 0.6) is 5.75 Å². The molecule has 1 aliphatic carbocycles. The summed E-state index contributed by atoms with van der Waals surface area (Å²) in [6.07, 6.45) is 5.60. The lowest BCUT2D eigenvalue weighted by atomic mass is 9.47. The predicted molar refractivity (Wildman–Crippen MR) is 217 cm³/mol. The van der Waals surface area contributed by atoms with Gasteiger partial charge in [-0.2, -0.15) is 0 Å². The minimum atomic E-state index is -2.37. The standard InChI is InChI=1S/C45H58N4O9/c1-7-41(53)22-27-23-44(39(51)57-5,35-29(14-18-47(24-27)25-41)28-12-9-10-13-32(28)46-35)31-20-30-33(21-34(31)56-4)49(26-55-3)37-43(30)16-19-48-17-11-15-42(8-2,36(43)48)38(50)45(37,54)40(52)58-6/h9-13,15,20-21,27,36-38,46,50,53-54H,7-8,14,16-19,22-26H2,1-6H3/t27-,36-,37+,38+,41-,42+,43+,44-,45-/m0/s1. The Bertz CT molecular complexity index is 2170. The van der Waals surface area contributed by atoms with E-state index in [4.69, 9.17) is 18.9 Å². The fourth-order valence-electron chi connectivity index (χ4n) is 13.3. The Morgan fingerprint density at radius 3 is 2.43 bits per heavy atom. The second-order valence-corrected chi connectivity index (χ2v) is 17.9. The number of fused-ring (bicyclic) bond motifs is 6. The Hall–Kier alpha value is -3.98. The van der Waals surface area contributed by atoms with Gasteiger partial charge in [0.15, 0.2) is 0 Å². The number of anilines is 1. The van der Waals surface area contributed by atoms with Crippen LogP contribution in [0.25, 0.3) is 10.9 Å². The first-order valence-corrected chi connectivity index (χ1v) is 20.9. The molecule has 9 rings (SSSR count). The molecule has 13 nitrogen and oxygen atoms in total. The summed E-state index contributed by atoms with van der Waals surface area (Å²) in [7, 11) is 5.84. The highest BCUT2D eigenvalue weighted by atomic mass is 16.5. The molecule has 0 amide bonds. The number of H-pyrrole nitrogens is 1. The minimum Gasteiger partial charge on any atom is -0.496 e. The van der Waals surface area contributed by atoms with Gasteiger partial charge in [-0.05, 0) is 74.2 Å². The zero-order valence-corrected chi connectivity index (χ0v) is 34.5. The van der Waals surface area contributed by atoms with Crippen molar-refractivity contribution in [1.82, 2.24) is 14.8 Å². The van der Waals surface area contributed by atoms with Crippen LogP contribution >= 0.6 is 0 Å². The maximum absolute atomic E-state index is 15.3. The van der Waals surface area contributed by atoms with Crippen molar-refractivity contribution < 1.29 is 43.9 Å². The van der Waals surface area contributed by atoms with Gasteiger partial charge in [0.2, 0.25) is 5.60 Å². The average molecular weight is 799 g/mol. The normalized spacial score (nSPS) is 37.5. The largest absolute Gasteiger partial charge is 0.496 e. The van der Waals surface area contributed by atoms with E-state index < -0.39 is 51.5 Å². The van der Waals surface area contributed by atoms with Gasteiger partial charge < -0.3 is 44.2 Å². The third kappa shape index (κ3) is 4.97. The minimum absolute atomic E-state index is 0.00253. The first kappa shape index (κ1) is 39.5. The van der Waals surface area contributed by atoms with Crippen LogP contribution in [-0.4, -0.2) is 139 Å². The van der Waals surface area contributed by atoms with E-state index in [0.717, 1.165) is 27.7 Å². The molecular weight excluding hydrogens is 741 g/mol. The van der Waals surface area contributed by atoms with E-state index in [1.807, 2.05) is 55.2 Å². The van der Waals surface area contributed by atoms with Crippen LogP contribution in [-0.2, 0) is 41.1 Å². The maximum Gasteiger partial charge on any atom is 0.342 e. The van der Waals surface area contributed by atoms with E-state index in [1.54, 1.807) is 14.2 Å². The van der Waals surface area contributed by atoms with Gasteiger partial charge in [0.25, 0.3) is 0 Å². The number of aliphatic hydroxyl groups is 3. The first-order valence-electron chi connectivity index (χ1n) is 20.9. The number of esters is 2. The molecule has 6 heterocycles. The van der Waals surface area contributed by atoms with Crippen LogP contribution in [0.15, 0.2) is 48.6 Å². The monoisotopic (exact) mass is 798 g/mol. The molecule has 5 aliphatic heterocycles. The Morgan fingerprint density at radius 2 is 1.72 bits per heavy atom. The molecule has 10 atom stereocenters. The van der Waals surface area contributed by atoms with Crippen LogP contribution in [0.2, 0.25) is 0 Å². The quantitative estimate of drug-likeness (QED) is 0.195. The number of aliphatic hydroxyl groups excluding tert-OH is 1. The lowest BCUT2D eigenvalue weighted by Gasteiger charge is -2.63. The highest BCUT2D eigenvalue weighted by molar-refractivity contribution is 5.95. The maximum atomic E-state index is 15.3. The zero-order chi connectivity index (χ0) is 41.0. The number of carbonyl (C=O) groups is 2. The fourth-order valence-corrected chi connectivity index (χ4v) is 13.3. The summed E-state index contributed by atoms with van der Waals surface area (Å²) in [4.78, 5) is 39.9. The van der Waals surface area contributed by atoms with Gasteiger partial charge in [0.05, 0.1) is 33.0 Å². The summed E-state index contributed by atoms with van der Waals surface area (Å²) in [5.74, 6) is -1.02. The summed E-state index contributed by atoms with van der Waals surface area (Å²) in [5, 5.41) is 38.6. The van der Waals surface area contributed by atoms with Crippen LogP contribution in [0.4, 0.5) is 5.69 Å². The van der Waals surface area contributed by atoms with Gasteiger partial charge in [-0.15, -0.1) is 0 Å². The predicted octanol–water partition coefficient (Wildman–Crippen LogP) is 3.39. The molecule has 2 saturated heterocycles. The third-order valence-electron chi connectivity index (χ3n) is 15.5. The van der Waals surface area contributed by atoms with Crippen LogP contribution in [0.3, 0.4) is 0 Å². The van der Waals surface area contributed by atoms with Crippen molar-refractivity contribution in [3.8, 4) is 5.75 Å². The van der Waals surface area contributed by atoms with Crippen LogP contribution in [0, 0.1) is 11.3 Å². The summed E-state index contributed by atoms with van der Waals surface area (Å²) in [5.41, 5.74) is -1.88. The van der Waals surface area contributed by atoms with Gasteiger partial charge in [-0.3, -0.25) is 14.6 Å². The highest BCUT2D eigenvalue weighted by Gasteiger charge is 2.79. The van der Waals surface area contributed by atoms with Crippen LogP contribution in [0.1, 0.15) is 68.3 Å². The number of piperidine rings is 1. The molecule has 3 aromatic rings. The van der Waals surface area contributed by atoms with Gasteiger partial charge >= 0.3 is 11.9 Å². The topological polar surface area (TPSA) is 157 Å². The Morgan fingerprint density at radius 1 is 0.948 bits per heavy atom. The fraction of sp³-hybridized carbons (Fsp3) is 0.600. The molecule has 13 heteroatoms. The van der Waals surface area contributed by atoms with Crippen molar-refractivity contribution in [3.63, 3.8) is 0 Å². The number of nitrogens with zero attached hydrogens (tertiary/aromatic N) is 3. The molecule has 3 fully saturated rings. The molecular formula is C45H58N4O9. The van der Waals surface area contributed by atoms with E-state index in [9.17, 15) is 20.1 Å². The second kappa shape index (κ2) is 13.8. The van der Waals surface area contributed by atoms with Crippen molar-refractivity contribution in [1.29, 1.82) is 0 Å². The molecule has 0 radical (unpaired) electrons. The van der Waals surface area contributed by atoms with Crippen molar-refractivity contribution in [2.45, 2.75) is 92.6 Å². The Kier molecular flexibility index (Phi) is 9.38. The van der Waals surface area contributed by atoms with Crippen molar-refractivity contribution in [2.75, 3.05) is 72.8 Å². The third-order valence-corrected chi connectivity index (χ3v) is 15.5. The lowest BCUT2D eigenvalue weighted by molar-refractivity contribution is -0.219. The molecule has 2 aromatic carbocycles. The zero-order valence-electron chi connectivity index (χ0n) is 34.5. The molecule has 2 bridgehead atoms. The van der Waals surface area contributed by atoms with Gasteiger partial charge in [0.1, 0.15) is 24.0 Å². The number of ether oxygens (including phenoxy) is 4. The summed E-state index contributed by atoms with van der Waals surface area (Å²) >= 11 is 0. The number of aromatic nitrogens is 1. The number of para-hydroxylation sites is 1. The molecule has 58 heavy (non-hydrogen) atoms. The highest BCUT2D eigenvalue weighted by Crippen LogP contribution is 2.68. The van der Waals surface area contributed by atoms with E-state index in [-0.39, 0.29) is 18.7 Å². The Labute approximate surface area is 339 Å². The number of carbonyl (C=O) groups excluding carboxylic acids is 2. The molecule has 1 unspecified atom stereocenters. The number of aromatic amines is 1. The molecule has 1 aromatic heterocycles. The lowest BCUT2D eigenvalue weighted by Crippen LogP contribution is -2.81. The molecule has 1 spiro atoms. The van der Waals surface area contributed by atoms with Crippen LogP contribution < -0.4 is 9.64 Å². The van der Waals surface area contributed by atoms with Gasteiger partial charge in [-0.25, -0.2) is 4.79 Å². The van der Waals surface area contributed by atoms with Gasteiger partial charge in [0, 0.05) is 84.1 Å². The van der Waals surface area contributed by atoms with E-state index in [0.29, 0.717) is 88.2 Å². The number of hydrogen-bond acceptors (Lipinski definition) is 12. The average Bonchev–Trinajstić information content (AvgIpc) is 3.91. The molecule has 312 valence electrons. The number of methoxy groups -OCH3 is 4. The number of rotatable bonds is 8. The number of hydrogen-bond donors (Lipinski definition) is 4. The summed E-state index contributed by atoms with van der Waals surface area (Å²) in [6.45, 7) is 7.29. The second-order valence-electron chi connectivity index (χ2n) is 17.9. The smallest absolute Gasteiger partial charge is 0.342 e. The molecule has 4 N–H and O–H groups in total. The summed E-state index contributed by atoms with van der Waals surface area (Å²) in [6, 6.07) is 10.8. The summed E-state index contributed by atoms with van der Waals surface area (Å²) < 4.78 is 23.6. The van der Waals surface area contributed by atoms with E-state index >= 15 is 4.79 Å². The Balaban J connectivity index is 1.38. The van der Waals surface area contributed by atoms with Crippen molar-refractivity contribution in [2.24, 2.45) is 11.3 Å². The SMILES string of the molecule is CC[C@]1(O)C[C@@H]2CN(CCc3c([nH]c4ccccc34)[C@@](C(=O)OC)(c3cc4c(cc3OC)N(COC)[C@H]3[C@@](O)(C(=O)OC)[C@H](O)[C@]5(CC)C=CCN6CC[C@]43[C@@H]65)C2)C1. The van der Waals surface area contributed by atoms with E-state index in [1.165, 1.54) is 14.2 Å². The number of benzene rings is 2. The number of nitrogens with one attached hydrogen (secondary N) is 1. The molecule has 6 aliphatic rings. The van der Waals surface area contributed by atoms with Crippen molar-refractivity contribution in [3.05, 3.63) is 70.9 Å².